The van der Waals surface area contributed by atoms with Gasteiger partial charge in [0.1, 0.15) is 0 Å². The molecule has 0 aliphatic carbocycles. The summed E-state index contributed by atoms with van der Waals surface area (Å²) in [6, 6.07) is 5.39. The van der Waals surface area contributed by atoms with Crippen molar-refractivity contribution in [1.29, 1.82) is 0 Å². The number of carbonyl (C=O) groups is 1. The number of nitrogens with zero attached hydrogens (tertiary/aromatic N) is 1. The summed E-state index contributed by atoms with van der Waals surface area (Å²) in [6.45, 7) is 0. The minimum absolute atomic E-state index is 0.00830. The average Bonchev–Trinajstić information content (AvgIpc) is 2.88. The number of benzene rings is 1. The van der Waals surface area contributed by atoms with Crippen molar-refractivity contribution in [3.8, 4) is 0 Å². The van der Waals surface area contributed by atoms with Crippen molar-refractivity contribution in [2.75, 3.05) is 17.3 Å². The third kappa shape index (κ3) is 5.18. The van der Waals surface area contributed by atoms with Crippen molar-refractivity contribution in [2.24, 2.45) is 0 Å². The summed E-state index contributed by atoms with van der Waals surface area (Å²) in [7, 11) is 0. The Kier molecular flexibility index (Phi) is 6.36. The van der Waals surface area contributed by atoms with E-state index in [4.69, 9.17) is 23.2 Å². The van der Waals surface area contributed by atoms with E-state index in [1.54, 1.807) is 30.1 Å². The molecule has 1 aromatic heterocycles. The minimum Gasteiger partial charge on any atom is -0.302 e. The molecule has 3 nitrogen and oxygen atoms in total. The lowest BCUT2D eigenvalue weighted by molar-refractivity contribution is -0.115. The van der Waals surface area contributed by atoms with Crippen LogP contribution in [0.15, 0.2) is 24.4 Å². The monoisotopic (exact) mass is 360 g/mol. The molecule has 0 unspecified atom stereocenters. The van der Waals surface area contributed by atoms with Crippen LogP contribution in [0.1, 0.15) is 16.9 Å². The van der Waals surface area contributed by atoms with Gasteiger partial charge in [0, 0.05) is 39.7 Å². The van der Waals surface area contributed by atoms with Crippen molar-refractivity contribution >= 4 is 57.3 Å². The molecule has 0 saturated carbocycles. The Balaban J connectivity index is 2.00. The number of amides is 1. The van der Waals surface area contributed by atoms with E-state index < -0.39 is 0 Å². The molecule has 2 aromatic rings. The number of nitrogens with one attached hydrogen (secondary N) is 1. The highest BCUT2D eigenvalue weighted by Gasteiger charge is 2.09. The number of thioether (sulfide) groups is 1. The molecule has 2 rings (SSSR count). The average molecular weight is 361 g/mol. The highest BCUT2D eigenvalue weighted by atomic mass is 35.5. The number of carbonyl (C=O) groups excluding carboxylic acids is 1. The van der Waals surface area contributed by atoms with Crippen LogP contribution in [0.3, 0.4) is 0 Å². The topological polar surface area (TPSA) is 42.0 Å². The fraction of sp³-hybridized carbons (Fsp3) is 0.286. The van der Waals surface area contributed by atoms with E-state index in [2.05, 4.69) is 10.3 Å². The molecule has 0 spiro atoms. The summed E-state index contributed by atoms with van der Waals surface area (Å²) in [5, 5.41) is 4.76. The number of aromatic nitrogens is 1. The van der Waals surface area contributed by atoms with Crippen LogP contribution in [-0.4, -0.2) is 22.9 Å². The van der Waals surface area contributed by atoms with E-state index >= 15 is 0 Å². The zero-order valence-corrected chi connectivity index (χ0v) is 14.5. The third-order valence-electron chi connectivity index (χ3n) is 2.71. The molecule has 21 heavy (non-hydrogen) atoms. The molecule has 1 N–H and O–H groups in total. The zero-order valence-electron chi connectivity index (χ0n) is 11.4. The van der Waals surface area contributed by atoms with Gasteiger partial charge in [-0.3, -0.25) is 4.79 Å². The molecule has 1 amide bonds. The fourth-order valence-corrected chi connectivity index (χ4v) is 3.31. The number of hydrogen-bond donors (Lipinski definition) is 1. The Hall–Kier alpha value is -0.750. The van der Waals surface area contributed by atoms with Crippen LogP contribution in [0.25, 0.3) is 0 Å². The number of hydrogen-bond acceptors (Lipinski definition) is 4. The molecule has 0 fully saturated rings. The van der Waals surface area contributed by atoms with Crippen LogP contribution in [0.4, 0.5) is 5.13 Å². The van der Waals surface area contributed by atoms with Gasteiger partial charge in [-0.2, -0.15) is 11.8 Å². The van der Waals surface area contributed by atoms with E-state index in [1.165, 1.54) is 11.3 Å². The van der Waals surface area contributed by atoms with Gasteiger partial charge < -0.3 is 5.32 Å². The molecule has 0 saturated heterocycles. The van der Waals surface area contributed by atoms with Gasteiger partial charge in [0.25, 0.3) is 0 Å². The largest absolute Gasteiger partial charge is 0.302 e. The highest BCUT2D eigenvalue weighted by molar-refractivity contribution is 7.98. The van der Waals surface area contributed by atoms with Crippen LogP contribution in [0, 0.1) is 0 Å². The smallest absolute Gasteiger partial charge is 0.226 e. The molecule has 112 valence electrons. The van der Waals surface area contributed by atoms with Crippen LogP contribution in [0.5, 0.6) is 0 Å². The van der Waals surface area contributed by atoms with Crippen molar-refractivity contribution in [3.05, 3.63) is 44.9 Å². The lowest BCUT2D eigenvalue weighted by Gasteiger charge is -2.02. The second-order valence-electron chi connectivity index (χ2n) is 4.34. The van der Waals surface area contributed by atoms with E-state index in [0.717, 1.165) is 16.2 Å². The lowest BCUT2D eigenvalue weighted by atomic mass is 10.1. The maximum atomic E-state index is 11.6. The molecule has 7 heteroatoms. The summed E-state index contributed by atoms with van der Waals surface area (Å²) in [6.07, 6.45) is 4.88. The summed E-state index contributed by atoms with van der Waals surface area (Å²) in [5.41, 5.74) is 0.952. The van der Waals surface area contributed by atoms with Gasteiger partial charge in [-0.25, -0.2) is 4.98 Å². The molecule has 0 bridgehead atoms. The van der Waals surface area contributed by atoms with Crippen LogP contribution in [-0.2, 0) is 11.2 Å². The second kappa shape index (κ2) is 8.03. The Bertz CT molecular complexity index is 631. The maximum Gasteiger partial charge on any atom is 0.226 e. The van der Waals surface area contributed by atoms with Gasteiger partial charge in [0.15, 0.2) is 5.13 Å². The maximum absolute atomic E-state index is 11.6. The van der Waals surface area contributed by atoms with Crippen LogP contribution < -0.4 is 5.32 Å². The first kappa shape index (κ1) is 16.6. The predicted octanol–water partition coefficient (Wildman–Crippen LogP) is 4.73. The molecule has 0 atom stereocenters. The minimum atomic E-state index is -0.00830. The summed E-state index contributed by atoms with van der Waals surface area (Å²) >= 11 is 15.2. The fourth-order valence-electron chi connectivity index (χ4n) is 1.69. The third-order valence-corrected chi connectivity index (χ3v) is 4.83. The van der Waals surface area contributed by atoms with E-state index in [1.807, 2.05) is 12.3 Å². The summed E-state index contributed by atoms with van der Waals surface area (Å²) in [4.78, 5) is 16.9. The van der Waals surface area contributed by atoms with Gasteiger partial charge in [-0.15, -0.1) is 11.3 Å². The van der Waals surface area contributed by atoms with Crippen molar-refractivity contribution in [2.45, 2.75) is 12.8 Å². The highest BCUT2D eigenvalue weighted by Crippen LogP contribution is 2.27. The van der Waals surface area contributed by atoms with E-state index in [-0.39, 0.29) is 5.91 Å². The number of rotatable bonds is 6. The first-order valence-electron chi connectivity index (χ1n) is 6.26. The number of halogens is 2. The van der Waals surface area contributed by atoms with Crippen LogP contribution in [0.2, 0.25) is 10.0 Å². The van der Waals surface area contributed by atoms with Gasteiger partial charge in [0.2, 0.25) is 5.91 Å². The quantitative estimate of drug-likeness (QED) is 0.809. The van der Waals surface area contributed by atoms with E-state index in [9.17, 15) is 4.79 Å². The SMILES string of the molecule is CSCCC(=O)Nc1ncc(Cc2cc(Cl)ccc2Cl)s1. The predicted molar refractivity (Wildman–Crippen MR) is 93.0 cm³/mol. The molecule has 1 heterocycles. The van der Waals surface area contributed by atoms with Gasteiger partial charge in [-0.05, 0) is 30.0 Å². The lowest BCUT2D eigenvalue weighted by Crippen LogP contribution is -2.11. The standard InChI is InChI=1S/C14H14Cl2N2OS2/c1-20-5-4-13(19)18-14-17-8-11(21-14)7-9-6-10(15)2-3-12(9)16/h2-3,6,8H,4-5,7H2,1H3,(H,17,18,19). The van der Waals surface area contributed by atoms with Gasteiger partial charge >= 0.3 is 0 Å². The number of anilines is 1. The second-order valence-corrected chi connectivity index (χ2v) is 7.28. The van der Waals surface area contributed by atoms with E-state index in [0.29, 0.717) is 28.0 Å². The molecule has 0 radical (unpaired) electrons. The Morgan fingerprint density at radius 2 is 2.24 bits per heavy atom. The first-order chi connectivity index (χ1) is 10.1. The van der Waals surface area contributed by atoms with Crippen molar-refractivity contribution < 1.29 is 4.79 Å². The van der Waals surface area contributed by atoms with Crippen molar-refractivity contribution in [3.63, 3.8) is 0 Å². The normalized spacial score (nSPS) is 10.6. The Morgan fingerprint density at radius 1 is 1.43 bits per heavy atom. The van der Waals surface area contributed by atoms with Gasteiger partial charge in [-0.1, -0.05) is 23.2 Å². The number of thiazole rings is 1. The molecule has 0 aliphatic rings. The first-order valence-corrected chi connectivity index (χ1v) is 9.22. The Morgan fingerprint density at radius 3 is 3.00 bits per heavy atom. The molecule has 1 aromatic carbocycles. The zero-order chi connectivity index (χ0) is 15.2. The summed E-state index contributed by atoms with van der Waals surface area (Å²) in [5.74, 6) is 0.799. The Labute approximate surface area is 142 Å². The molecule has 0 aliphatic heterocycles. The molecular weight excluding hydrogens is 347 g/mol. The van der Waals surface area contributed by atoms with Gasteiger partial charge in [0.05, 0.1) is 0 Å². The van der Waals surface area contributed by atoms with Crippen molar-refractivity contribution in [1.82, 2.24) is 4.98 Å². The van der Waals surface area contributed by atoms with Crippen LogP contribution >= 0.6 is 46.3 Å². The summed E-state index contributed by atoms with van der Waals surface area (Å²) < 4.78 is 0. The molecular formula is C14H14Cl2N2OS2.